The van der Waals surface area contributed by atoms with Gasteiger partial charge in [-0.05, 0) is 19.4 Å². The molecule has 25 heavy (non-hydrogen) atoms. The minimum Gasteiger partial charge on any atom is -0.368 e. The van der Waals surface area contributed by atoms with Crippen LogP contribution in [0.2, 0.25) is 0 Å². The van der Waals surface area contributed by atoms with Crippen LogP contribution in [0.15, 0.2) is 42.0 Å². The van der Waals surface area contributed by atoms with Crippen LogP contribution in [0.25, 0.3) is 0 Å². The summed E-state index contributed by atoms with van der Waals surface area (Å²) in [7, 11) is 0. The van der Waals surface area contributed by atoms with E-state index in [9.17, 15) is 9.59 Å². The zero-order valence-corrected chi connectivity index (χ0v) is 13.9. The lowest BCUT2D eigenvalue weighted by Crippen LogP contribution is -2.39. The van der Waals surface area contributed by atoms with Gasteiger partial charge in [-0.15, -0.1) is 0 Å². The summed E-state index contributed by atoms with van der Waals surface area (Å²) in [5.74, 6) is -1.72. The van der Waals surface area contributed by atoms with Crippen molar-refractivity contribution in [3.8, 4) is 0 Å². The van der Waals surface area contributed by atoms with Gasteiger partial charge >= 0.3 is 0 Å². The molecule has 0 radical (unpaired) electrons. The number of rotatable bonds is 4. The fourth-order valence-electron chi connectivity index (χ4n) is 3.32. The molecule has 0 unspecified atom stereocenters. The first-order valence-corrected chi connectivity index (χ1v) is 8.16. The molecule has 0 aromatic heterocycles. The molecule has 1 aromatic rings. The Labute approximate surface area is 144 Å². The van der Waals surface area contributed by atoms with Crippen LogP contribution in [0.1, 0.15) is 19.4 Å². The first-order chi connectivity index (χ1) is 11.9. The third-order valence-electron chi connectivity index (χ3n) is 4.37. The highest BCUT2D eigenvalue weighted by Gasteiger charge is 2.57. The maximum Gasteiger partial charge on any atom is 0.256 e. The second-order valence-corrected chi connectivity index (χ2v) is 6.70. The van der Waals surface area contributed by atoms with Gasteiger partial charge in [-0.2, -0.15) is 0 Å². The van der Waals surface area contributed by atoms with E-state index in [0.717, 1.165) is 5.56 Å². The predicted molar refractivity (Wildman–Crippen MR) is 84.9 cm³/mol. The summed E-state index contributed by atoms with van der Waals surface area (Å²) in [6.07, 6.45) is -1.16. The van der Waals surface area contributed by atoms with E-state index in [2.05, 4.69) is 5.32 Å². The minimum absolute atomic E-state index is 0.238. The number of carbonyl (C=O) groups is 2. The van der Waals surface area contributed by atoms with Crippen molar-refractivity contribution in [2.24, 2.45) is 0 Å². The number of amides is 2. The fraction of sp³-hybridized carbons (Fsp3) is 0.444. The lowest BCUT2D eigenvalue weighted by Gasteiger charge is -2.26. The van der Waals surface area contributed by atoms with Crippen molar-refractivity contribution in [1.29, 1.82) is 0 Å². The monoisotopic (exact) mass is 345 g/mol. The lowest BCUT2D eigenvalue weighted by atomic mass is 10.0. The van der Waals surface area contributed by atoms with Crippen molar-refractivity contribution in [3.63, 3.8) is 0 Å². The Morgan fingerprint density at radius 3 is 2.60 bits per heavy atom. The molecule has 7 nitrogen and oxygen atoms in total. The SMILES string of the molecule is CC1(C)O[C@H]2O[C@H](C3=CC(=O)NC3=O)[C@@H](OCc3ccccc3)[C@H]2O1. The van der Waals surface area contributed by atoms with Crippen molar-refractivity contribution in [2.75, 3.05) is 0 Å². The Hall–Kier alpha value is -2.06. The summed E-state index contributed by atoms with van der Waals surface area (Å²) < 4.78 is 23.6. The Balaban J connectivity index is 1.57. The van der Waals surface area contributed by atoms with E-state index in [-0.39, 0.29) is 5.57 Å². The molecular formula is C18H19NO6. The topological polar surface area (TPSA) is 83.1 Å². The second-order valence-electron chi connectivity index (χ2n) is 6.70. The Kier molecular flexibility index (Phi) is 3.96. The summed E-state index contributed by atoms with van der Waals surface area (Å²) in [4.78, 5) is 23.5. The average molecular weight is 345 g/mol. The number of ether oxygens (including phenoxy) is 4. The van der Waals surface area contributed by atoms with Gasteiger partial charge in [0.15, 0.2) is 12.1 Å². The lowest BCUT2D eigenvalue weighted by molar-refractivity contribution is -0.214. The number of carbonyl (C=O) groups excluding carboxylic acids is 2. The van der Waals surface area contributed by atoms with Gasteiger partial charge in [0, 0.05) is 6.08 Å². The van der Waals surface area contributed by atoms with Crippen LogP contribution in [-0.2, 0) is 35.1 Å². The van der Waals surface area contributed by atoms with E-state index in [1.807, 2.05) is 30.3 Å². The van der Waals surface area contributed by atoms with Crippen LogP contribution < -0.4 is 5.32 Å². The van der Waals surface area contributed by atoms with Crippen molar-refractivity contribution < 1.29 is 28.5 Å². The van der Waals surface area contributed by atoms with Gasteiger partial charge in [0.2, 0.25) is 0 Å². The predicted octanol–water partition coefficient (Wildman–Crippen LogP) is 1.03. The molecule has 4 rings (SSSR count). The molecule has 3 aliphatic heterocycles. The Bertz CT molecular complexity index is 728. The van der Waals surface area contributed by atoms with E-state index < -0.39 is 42.2 Å². The van der Waals surface area contributed by atoms with Gasteiger partial charge in [-0.25, -0.2) is 0 Å². The van der Waals surface area contributed by atoms with E-state index in [1.165, 1.54) is 6.08 Å². The first-order valence-electron chi connectivity index (χ1n) is 8.16. The molecule has 3 heterocycles. The summed E-state index contributed by atoms with van der Waals surface area (Å²) >= 11 is 0. The maximum absolute atomic E-state index is 12.0. The van der Waals surface area contributed by atoms with Crippen molar-refractivity contribution in [2.45, 2.75) is 50.8 Å². The van der Waals surface area contributed by atoms with E-state index in [4.69, 9.17) is 18.9 Å². The number of hydrogen-bond acceptors (Lipinski definition) is 6. The Morgan fingerprint density at radius 1 is 1.16 bits per heavy atom. The number of imide groups is 1. The van der Waals surface area contributed by atoms with Gasteiger partial charge in [0.1, 0.15) is 18.3 Å². The molecule has 0 aliphatic carbocycles. The second kappa shape index (κ2) is 6.03. The average Bonchev–Trinajstić information content (AvgIpc) is 3.15. The number of benzene rings is 1. The highest BCUT2D eigenvalue weighted by Crippen LogP contribution is 2.41. The number of fused-ring (bicyclic) bond motifs is 1. The standard InChI is InChI=1S/C18H19NO6/c1-18(2)24-15-14(22-9-10-6-4-3-5-7-10)13(23-17(15)25-18)11-8-12(20)19-16(11)21/h3-8,13-15,17H,9H2,1-2H3,(H,19,20,21)/t13-,14-,15-,17-/m1/s1. The van der Waals surface area contributed by atoms with Crippen LogP contribution in [-0.4, -0.2) is 42.2 Å². The van der Waals surface area contributed by atoms with E-state index in [1.54, 1.807) is 13.8 Å². The summed E-state index contributed by atoms with van der Waals surface area (Å²) in [5, 5.41) is 2.23. The molecule has 132 valence electrons. The van der Waals surface area contributed by atoms with Crippen molar-refractivity contribution in [3.05, 3.63) is 47.5 Å². The third-order valence-corrected chi connectivity index (χ3v) is 4.37. The molecule has 1 N–H and O–H groups in total. The molecule has 1 aromatic carbocycles. The van der Waals surface area contributed by atoms with Gasteiger partial charge < -0.3 is 18.9 Å². The van der Waals surface area contributed by atoms with Crippen LogP contribution in [0.3, 0.4) is 0 Å². The molecule has 2 saturated heterocycles. The third kappa shape index (κ3) is 3.11. The normalized spacial score (nSPS) is 33.3. The van der Waals surface area contributed by atoms with E-state index >= 15 is 0 Å². The van der Waals surface area contributed by atoms with Crippen LogP contribution >= 0.6 is 0 Å². The molecule has 0 bridgehead atoms. The van der Waals surface area contributed by atoms with Gasteiger partial charge in [0.05, 0.1) is 12.2 Å². The largest absolute Gasteiger partial charge is 0.368 e. The number of nitrogens with one attached hydrogen (secondary N) is 1. The summed E-state index contributed by atoms with van der Waals surface area (Å²) in [5.41, 5.74) is 1.23. The van der Waals surface area contributed by atoms with Crippen LogP contribution in [0.5, 0.6) is 0 Å². The zero-order chi connectivity index (χ0) is 17.6. The highest BCUT2D eigenvalue weighted by molar-refractivity contribution is 6.16. The van der Waals surface area contributed by atoms with Crippen LogP contribution in [0.4, 0.5) is 0 Å². The Morgan fingerprint density at radius 2 is 1.92 bits per heavy atom. The molecule has 2 amide bonds. The molecule has 4 atom stereocenters. The molecule has 0 saturated carbocycles. The molecule has 3 aliphatic rings. The van der Waals surface area contributed by atoms with Gasteiger partial charge in [0.25, 0.3) is 11.8 Å². The molecule has 2 fully saturated rings. The van der Waals surface area contributed by atoms with Gasteiger partial charge in [-0.1, -0.05) is 30.3 Å². The fourth-order valence-corrected chi connectivity index (χ4v) is 3.32. The van der Waals surface area contributed by atoms with Crippen molar-refractivity contribution in [1.82, 2.24) is 5.32 Å². The zero-order valence-electron chi connectivity index (χ0n) is 13.9. The smallest absolute Gasteiger partial charge is 0.256 e. The number of hydrogen-bond donors (Lipinski definition) is 1. The minimum atomic E-state index is -0.795. The molecule has 7 heteroatoms. The molecular weight excluding hydrogens is 326 g/mol. The summed E-state index contributed by atoms with van der Waals surface area (Å²) in [6.45, 7) is 3.92. The maximum atomic E-state index is 12.0. The van der Waals surface area contributed by atoms with E-state index in [0.29, 0.717) is 6.61 Å². The first kappa shape index (κ1) is 16.4. The van der Waals surface area contributed by atoms with Crippen LogP contribution in [0, 0.1) is 0 Å². The quantitative estimate of drug-likeness (QED) is 0.821. The highest BCUT2D eigenvalue weighted by atomic mass is 16.8. The summed E-state index contributed by atoms with van der Waals surface area (Å²) in [6, 6.07) is 9.67. The molecule has 0 spiro atoms. The van der Waals surface area contributed by atoms with Gasteiger partial charge in [-0.3, -0.25) is 14.9 Å². The van der Waals surface area contributed by atoms with Crippen molar-refractivity contribution >= 4 is 11.8 Å².